The SMILES string of the molecule is NNc1nccc(Sc2ccc(Br)cc2)n1. The normalized spacial score (nSPS) is 10.1. The summed E-state index contributed by atoms with van der Waals surface area (Å²) in [5, 5.41) is 0.852. The van der Waals surface area contributed by atoms with Crippen molar-refractivity contribution in [2.45, 2.75) is 9.92 Å². The molecule has 3 N–H and O–H groups in total. The van der Waals surface area contributed by atoms with Gasteiger partial charge in [0.25, 0.3) is 0 Å². The number of aromatic nitrogens is 2. The summed E-state index contributed by atoms with van der Waals surface area (Å²) < 4.78 is 1.06. The van der Waals surface area contributed by atoms with E-state index >= 15 is 0 Å². The molecule has 1 aromatic heterocycles. The van der Waals surface area contributed by atoms with E-state index in [0.29, 0.717) is 5.95 Å². The summed E-state index contributed by atoms with van der Waals surface area (Å²) in [4.78, 5) is 9.27. The first-order valence-corrected chi connectivity index (χ1v) is 6.12. The standard InChI is InChI=1S/C10H9BrN4S/c11-7-1-3-8(4-2-7)16-9-5-6-13-10(14-9)15-12/h1-6H,12H2,(H,13,14,15). The molecule has 6 heteroatoms. The number of nitrogens with zero attached hydrogens (tertiary/aromatic N) is 2. The maximum atomic E-state index is 5.24. The fraction of sp³-hybridized carbons (Fsp3) is 0. The molecule has 0 aliphatic heterocycles. The molecular weight excluding hydrogens is 288 g/mol. The second-order valence-corrected chi connectivity index (χ2v) is 4.93. The van der Waals surface area contributed by atoms with Crippen LogP contribution in [0.4, 0.5) is 5.95 Å². The lowest BCUT2D eigenvalue weighted by atomic mass is 10.4. The molecule has 0 aliphatic carbocycles. The molecule has 82 valence electrons. The molecular formula is C10H9BrN4S. The molecule has 0 saturated heterocycles. The summed E-state index contributed by atoms with van der Waals surface area (Å²) in [5.41, 5.74) is 2.42. The van der Waals surface area contributed by atoms with Gasteiger partial charge in [0.1, 0.15) is 5.03 Å². The van der Waals surface area contributed by atoms with Crippen LogP contribution in [0.15, 0.2) is 50.9 Å². The molecule has 0 spiro atoms. The minimum absolute atomic E-state index is 0.419. The third-order valence-electron chi connectivity index (χ3n) is 1.80. The molecule has 1 aromatic carbocycles. The molecule has 16 heavy (non-hydrogen) atoms. The summed E-state index contributed by atoms with van der Waals surface area (Å²) in [7, 11) is 0. The third-order valence-corrected chi connectivity index (χ3v) is 3.27. The highest BCUT2D eigenvalue weighted by molar-refractivity contribution is 9.10. The fourth-order valence-electron chi connectivity index (χ4n) is 1.09. The van der Waals surface area contributed by atoms with Gasteiger partial charge in [-0.25, -0.2) is 15.8 Å². The van der Waals surface area contributed by atoms with E-state index in [1.165, 1.54) is 0 Å². The van der Waals surface area contributed by atoms with Crippen LogP contribution >= 0.6 is 27.7 Å². The zero-order chi connectivity index (χ0) is 11.4. The summed E-state index contributed by atoms with van der Waals surface area (Å²) >= 11 is 4.95. The molecule has 0 bridgehead atoms. The molecule has 0 fully saturated rings. The smallest absolute Gasteiger partial charge is 0.238 e. The van der Waals surface area contributed by atoms with Gasteiger partial charge in [0, 0.05) is 15.6 Å². The van der Waals surface area contributed by atoms with Crippen LogP contribution in [0.2, 0.25) is 0 Å². The van der Waals surface area contributed by atoms with Crippen molar-refractivity contribution in [1.29, 1.82) is 0 Å². The highest BCUT2D eigenvalue weighted by atomic mass is 79.9. The van der Waals surface area contributed by atoms with Crippen LogP contribution < -0.4 is 11.3 Å². The number of halogens is 1. The molecule has 2 rings (SSSR count). The predicted octanol–water partition coefficient (Wildman–Crippen LogP) is 2.68. The molecule has 0 radical (unpaired) electrons. The Morgan fingerprint density at radius 2 is 1.94 bits per heavy atom. The lowest BCUT2D eigenvalue weighted by Gasteiger charge is -2.02. The van der Waals surface area contributed by atoms with E-state index in [0.717, 1.165) is 14.4 Å². The first-order valence-electron chi connectivity index (χ1n) is 4.51. The molecule has 0 aliphatic rings. The maximum Gasteiger partial charge on any atom is 0.238 e. The Balaban J connectivity index is 2.16. The van der Waals surface area contributed by atoms with Crippen molar-refractivity contribution in [2.75, 3.05) is 5.43 Å². The van der Waals surface area contributed by atoms with Crippen molar-refractivity contribution in [1.82, 2.24) is 9.97 Å². The molecule has 1 heterocycles. The number of hydrogen-bond donors (Lipinski definition) is 2. The molecule has 0 saturated carbocycles. The van der Waals surface area contributed by atoms with Crippen molar-refractivity contribution in [2.24, 2.45) is 5.84 Å². The van der Waals surface area contributed by atoms with Gasteiger partial charge >= 0.3 is 0 Å². The molecule has 0 atom stereocenters. The summed E-state index contributed by atoms with van der Waals surface area (Å²) in [6.45, 7) is 0. The van der Waals surface area contributed by atoms with Crippen LogP contribution in [0.1, 0.15) is 0 Å². The van der Waals surface area contributed by atoms with Crippen LogP contribution in [-0.2, 0) is 0 Å². The van der Waals surface area contributed by atoms with Gasteiger partial charge in [0.15, 0.2) is 0 Å². The van der Waals surface area contributed by atoms with Crippen molar-refractivity contribution >= 4 is 33.6 Å². The van der Waals surface area contributed by atoms with E-state index in [1.807, 2.05) is 30.3 Å². The van der Waals surface area contributed by atoms with Gasteiger partial charge in [-0.15, -0.1) is 0 Å². The second-order valence-electron chi connectivity index (χ2n) is 2.92. The predicted molar refractivity (Wildman–Crippen MR) is 68.1 cm³/mol. The Morgan fingerprint density at radius 1 is 1.19 bits per heavy atom. The fourth-order valence-corrected chi connectivity index (χ4v) is 2.13. The number of anilines is 1. The van der Waals surface area contributed by atoms with Gasteiger partial charge in [-0.2, -0.15) is 0 Å². The van der Waals surface area contributed by atoms with E-state index in [2.05, 4.69) is 31.3 Å². The quantitative estimate of drug-likeness (QED) is 0.518. The third kappa shape index (κ3) is 2.94. The average molecular weight is 297 g/mol. The van der Waals surface area contributed by atoms with Crippen LogP contribution in [0.5, 0.6) is 0 Å². The lowest BCUT2D eigenvalue weighted by Crippen LogP contribution is -2.10. The molecule has 4 nitrogen and oxygen atoms in total. The Bertz CT molecular complexity index is 475. The largest absolute Gasteiger partial charge is 0.292 e. The van der Waals surface area contributed by atoms with E-state index in [4.69, 9.17) is 5.84 Å². The molecule has 2 aromatic rings. The van der Waals surface area contributed by atoms with Gasteiger partial charge in [0.05, 0.1) is 0 Å². The minimum atomic E-state index is 0.419. The minimum Gasteiger partial charge on any atom is -0.292 e. The van der Waals surface area contributed by atoms with Crippen molar-refractivity contribution < 1.29 is 0 Å². The Hall–Kier alpha value is -1.11. The van der Waals surface area contributed by atoms with Crippen LogP contribution in [0, 0.1) is 0 Å². The number of nitrogens with one attached hydrogen (secondary N) is 1. The van der Waals surface area contributed by atoms with Crippen molar-refractivity contribution in [3.8, 4) is 0 Å². The van der Waals surface area contributed by atoms with Gasteiger partial charge in [-0.1, -0.05) is 27.7 Å². The van der Waals surface area contributed by atoms with Gasteiger partial charge in [0.2, 0.25) is 5.95 Å². The topological polar surface area (TPSA) is 63.8 Å². The van der Waals surface area contributed by atoms with E-state index < -0.39 is 0 Å². The first kappa shape index (κ1) is 11.4. The summed E-state index contributed by atoms with van der Waals surface area (Å²) in [6.07, 6.45) is 1.67. The molecule has 0 amide bonds. The number of nitrogens with two attached hydrogens (primary N) is 1. The van der Waals surface area contributed by atoms with E-state index in [9.17, 15) is 0 Å². The number of hydrogen-bond acceptors (Lipinski definition) is 5. The van der Waals surface area contributed by atoms with Gasteiger partial charge in [-0.3, -0.25) is 5.43 Å². The van der Waals surface area contributed by atoms with Gasteiger partial charge in [-0.05, 0) is 30.3 Å². The summed E-state index contributed by atoms with van der Waals surface area (Å²) in [6, 6.07) is 9.86. The first-order chi connectivity index (χ1) is 7.78. The Morgan fingerprint density at radius 3 is 2.62 bits per heavy atom. The van der Waals surface area contributed by atoms with Crippen molar-refractivity contribution in [3.63, 3.8) is 0 Å². The van der Waals surface area contributed by atoms with Crippen LogP contribution in [-0.4, -0.2) is 9.97 Å². The van der Waals surface area contributed by atoms with E-state index in [-0.39, 0.29) is 0 Å². The number of hydrazine groups is 1. The second kappa shape index (κ2) is 5.29. The number of nitrogen functional groups attached to an aromatic ring is 1. The maximum absolute atomic E-state index is 5.24. The average Bonchev–Trinajstić information content (AvgIpc) is 2.32. The van der Waals surface area contributed by atoms with Crippen molar-refractivity contribution in [3.05, 3.63) is 41.0 Å². The highest BCUT2D eigenvalue weighted by Gasteiger charge is 2.00. The number of rotatable bonds is 3. The zero-order valence-electron chi connectivity index (χ0n) is 8.22. The lowest BCUT2D eigenvalue weighted by molar-refractivity contribution is 1.03. The van der Waals surface area contributed by atoms with Gasteiger partial charge < -0.3 is 0 Å². The zero-order valence-corrected chi connectivity index (χ0v) is 10.6. The monoisotopic (exact) mass is 296 g/mol. The Labute approximate surface area is 106 Å². The molecule has 0 unspecified atom stereocenters. The highest BCUT2D eigenvalue weighted by Crippen LogP contribution is 2.27. The number of benzene rings is 1. The summed E-state index contributed by atoms with van der Waals surface area (Å²) in [5.74, 6) is 5.66. The van der Waals surface area contributed by atoms with E-state index in [1.54, 1.807) is 18.0 Å². The van der Waals surface area contributed by atoms with Crippen LogP contribution in [0.3, 0.4) is 0 Å². The Kier molecular flexibility index (Phi) is 3.76. The van der Waals surface area contributed by atoms with Crippen LogP contribution in [0.25, 0.3) is 0 Å².